The van der Waals surface area contributed by atoms with Crippen LogP contribution in [0, 0.1) is 5.41 Å². The topological polar surface area (TPSA) is 57.6 Å². The van der Waals surface area contributed by atoms with E-state index in [2.05, 4.69) is 0 Å². The second kappa shape index (κ2) is 2.47. The van der Waals surface area contributed by atoms with E-state index < -0.39 is 6.09 Å². The van der Waals surface area contributed by atoms with Gasteiger partial charge in [0.25, 0.3) is 0 Å². The van der Waals surface area contributed by atoms with Gasteiger partial charge in [0.15, 0.2) is 0 Å². The quantitative estimate of drug-likeness (QED) is 0.559. The van der Waals surface area contributed by atoms with Gasteiger partial charge in [0.2, 0.25) is 5.91 Å². The second-order valence-corrected chi connectivity index (χ2v) is 4.13. The van der Waals surface area contributed by atoms with E-state index in [1.165, 1.54) is 0 Å². The average Bonchev–Trinajstić information content (AvgIpc) is 1.78. The Morgan fingerprint density at radius 3 is 2.25 bits per heavy atom. The maximum atomic E-state index is 10.9. The number of rotatable bonds is 0. The van der Waals surface area contributed by atoms with Crippen molar-refractivity contribution in [2.75, 3.05) is 0 Å². The van der Waals surface area contributed by atoms with Crippen molar-refractivity contribution >= 4 is 12.0 Å². The van der Waals surface area contributed by atoms with Crippen molar-refractivity contribution in [1.82, 2.24) is 4.90 Å². The Balaban J connectivity index is 2.73. The van der Waals surface area contributed by atoms with Gasteiger partial charge in [-0.25, -0.2) is 9.69 Å². The monoisotopic (exact) mass is 171 g/mol. The minimum absolute atomic E-state index is 0.147. The first-order valence-electron chi connectivity index (χ1n) is 3.89. The van der Waals surface area contributed by atoms with Crippen LogP contribution < -0.4 is 0 Å². The lowest BCUT2D eigenvalue weighted by atomic mass is 9.79. The van der Waals surface area contributed by atoms with Crippen molar-refractivity contribution in [3.8, 4) is 0 Å². The number of hydrogen-bond acceptors (Lipinski definition) is 2. The summed E-state index contributed by atoms with van der Waals surface area (Å²) in [6, 6.07) is -0.150. The van der Waals surface area contributed by atoms with Crippen LogP contribution in [-0.4, -0.2) is 28.0 Å². The van der Waals surface area contributed by atoms with Crippen LogP contribution in [0.3, 0.4) is 0 Å². The van der Waals surface area contributed by atoms with Crippen LogP contribution in [0.1, 0.15) is 27.2 Å². The molecule has 0 saturated carbocycles. The Bertz CT molecular complexity index is 221. The van der Waals surface area contributed by atoms with Crippen LogP contribution in [-0.2, 0) is 4.79 Å². The number of amides is 2. The SMILES string of the molecule is CC(C)(C)[C@@H]1CC(=O)N1C(=O)O. The minimum atomic E-state index is -1.13. The highest BCUT2D eigenvalue weighted by atomic mass is 16.4. The molecule has 4 nitrogen and oxygen atoms in total. The number of likely N-dealkylation sites (tertiary alicyclic amines) is 1. The van der Waals surface area contributed by atoms with E-state index in [1.54, 1.807) is 0 Å². The minimum Gasteiger partial charge on any atom is -0.465 e. The van der Waals surface area contributed by atoms with E-state index in [0.29, 0.717) is 6.42 Å². The lowest BCUT2D eigenvalue weighted by molar-refractivity contribution is -0.147. The predicted octanol–water partition coefficient (Wildman–Crippen LogP) is 1.31. The molecular formula is C8H13NO3. The summed E-state index contributed by atoms with van der Waals surface area (Å²) in [5.41, 5.74) is -0.147. The number of hydrogen-bond donors (Lipinski definition) is 1. The fourth-order valence-corrected chi connectivity index (χ4v) is 1.35. The summed E-state index contributed by atoms with van der Waals surface area (Å²) in [7, 11) is 0. The van der Waals surface area contributed by atoms with Crippen LogP contribution in [0.15, 0.2) is 0 Å². The number of carboxylic acid groups (broad SMARTS) is 1. The lowest BCUT2D eigenvalue weighted by Gasteiger charge is -2.44. The maximum Gasteiger partial charge on any atom is 0.414 e. The maximum absolute atomic E-state index is 10.9. The molecule has 1 aliphatic rings. The van der Waals surface area contributed by atoms with Crippen molar-refractivity contribution in [2.45, 2.75) is 33.2 Å². The van der Waals surface area contributed by atoms with E-state index in [1.807, 2.05) is 20.8 Å². The highest BCUT2D eigenvalue weighted by molar-refractivity contribution is 5.97. The summed E-state index contributed by atoms with van der Waals surface area (Å²) in [5.74, 6) is -0.289. The molecule has 1 atom stereocenters. The Labute approximate surface area is 71.2 Å². The highest BCUT2D eigenvalue weighted by Gasteiger charge is 2.46. The van der Waals surface area contributed by atoms with Gasteiger partial charge >= 0.3 is 6.09 Å². The van der Waals surface area contributed by atoms with E-state index >= 15 is 0 Å². The van der Waals surface area contributed by atoms with E-state index in [4.69, 9.17) is 5.11 Å². The van der Waals surface area contributed by atoms with Crippen LogP contribution >= 0.6 is 0 Å². The average molecular weight is 171 g/mol. The zero-order chi connectivity index (χ0) is 9.52. The van der Waals surface area contributed by atoms with Crippen molar-refractivity contribution in [3.05, 3.63) is 0 Å². The van der Waals surface area contributed by atoms with E-state index in [-0.39, 0.29) is 17.4 Å². The van der Waals surface area contributed by atoms with Gasteiger partial charge in [-0.2, -0.15) is 0 Å². The Kier molecular flexibility index (Phi) is 1.86. The summed E-state index contributed by atoms with van der Waals surface area (Å²) >= 11 is 0. The van der Waals surface area contributed by atoms with Crippen LogP contribution in [0.2, 0.25) is 0 Å². The fraction of sp³-hybridized carbons (Fsp3) is 0.750. The molecule has 0 radical (unpaired) electrons. The number of carbonyl (C=O) groups excluding carboxylic acids is 1. The van der Waals surface area contributed by atoms with E-state index in [0.717, 1.165) is 4.90 Å². The Morgan fingerprint density at radius 1 is 1.58 bits per heavy atom. The second-order valence-electron chi connectivity index (χ2n) is 4.13. The third kappa shape index (κ3) is 1.29. The zero-order valence-corrected chi connectivity index (χ0v) is 7.50. The normalized spacial score (nSPS) is 23.8. The Hall–Kier alpha value is -1.06. The summed E-state index contributed by atoms with van der Waals surface area (Å²) in [4.78, 5) is 22.3. The molecule has 1 heterocycles. The predicted molar refractivity (Wildman–Crippen MR) is 42.7 cm³/mol. The molecule has 0 bridgehead atoms. The first-order valence-corrected chi connectivity index (χ1v) is 3.89. The van der Waals surface area contributed by atoms with Gasteiger partial charge in [0.1, 0.15) is 0 Å². The first-order chi connectivity index (χ1) is 5.34. The molecule has 2 amide bonds. The molecule has 1 aliphatic heterocycles. The van der Waals surface area contributed by atoms with Crippen molar-refractivity contribution < 1.29 is 14.7 Å². The molecule has 4 heteroatoms. The third-order valence-electron chi connectivity index (χ3n) is 2.15. The van der Waals surface area contributed by atoms with Gasteiger partial charge in [0.05, 0.1) is 6.04 Å². The number of nitrogens with zero attached hydrogens (tertiary/aromatic N) is 1. The molecular weight excluding hydrogens is 158 g/mol. The van der Waals surface area contributed by atoms with Crippen LogP contribution in [0.5, 0.6) is 0 Å². The molecule has 0 aromatic rings. The summed E-state index contributed by atoms with van der Waals surface area (Å²) in [5, 5.41) is 8.64. The van der Waals surface area contributed by atoms with Crippen molar-refractivity contribution in [1.29, 1.82) is 0 Å². The summed E-state index contributed by atoms with van der Waals surface area (Å²) in [6.45, 7) is 5.79. The smallest absolute Gasteiger partial charge is 0.414 e. The molecule has 1 N–H and O–H groups in total. The molecule has 0 unspecified atom stereocenters. The summed E-state index contributed by atoms with van der Waals surface area (Å²) in [6.07, 6.45) is -0.776. The highest BCUT2D eigenvalue weighted by Crippen LogP contribution is 2.34. The number of β-lactam (4-membered cyclic amide) rings is 1. The molecule has 68 valence electrons. The largest absolute Gasteiger partial charge is 0.465 e. The van der Waals surface area contributed by atoms with Gasteiger partial charge < -0.3 is 5.11 Å². The third-order valence-corrected chi connectivity index (χ3v) is 2.15. The lowest BCUT2D eigenvalue weighted by Crippen LogP contribution is -2.60. The van der Waals surface area contributed by atoms with E-state index in [9.17, 15) is 9.59 Å². The first kappa shape index (κ1) is 9.03. The molecule has 1 saturated heterocycles. The molecule has 1 rings (SSSR count). The summed E-state index contributed by atoms with van der Waals surface area (Å²) < 4.78 is 0. The van der Waals surface area contributed by atoms with Gasteiger partial charge in [-0.15, -0.1) is 0 Å². The van der Waals surface area contributed by atoms with Crippen LogP contribution in [0.25, 0.3) is 0 Å². The van der Waals surface area contributed by atoms with Crippen molar-refractivity contribution in [2.24, 2.45) is 5.41 Å². The molecule has 0 spiro atoms. The fourth-order valence-electron chi connectivity index (χ4n) is 1.35. The van der Waals surface area contributed by atoms with Crippen LogP contribution in [0.4, 0.5) is 4.79 Å². The molecule has 0 aromatic carbocycles. The zero-order valence-electron chi connectivity index (χ0n) is 7.50. The molecule has 12 heavy (non-hydrogen) atoms. The molecule has 0 aliphatic carbocycles. The van der Waals surface area contributed by atoms with Gasteiger partial charge in [-0.1, -0.05) is 20.8 Å². The Morgan fingerprint density at radius 2 is 2.08 bits per heavy atom. The van der Waals surface area contributed by atoms with Gasteiger partial charge in [-0.05, 0) is 5.41 Å². The van der Waals surface area contributed by atoms with Gasteiger partial charge in [0, 0.05) is 6.42 Å². The molecule has 0 aromatic heterocycles. The number of carbonyl (C=O) groups is 2. The standard InChI is InChI=1S/C8H13NO3/c1-8(2,3)5-4-6(10)9(5)7(11)12/h5H,4H2,1-3H3,(H,11,12)/t5-/m0/s1. The van der Waals surface area contributed by atoms with Crippen molar-refractivity contribution in [3.63, 3.8) is 0 Å². The van der Waals surface area contributed by atoms with Gasteiger partial charge in [-0.3, -0.25) is 4.79 Å². The molecule has 1 fully saturated rings. The number of imide groups is 1.